The van der Waals surface area contributed by atoms with Crippen molar-refractivity contribution in [3.8, 4) is 44.8 Å². The van der Waals surface area contributed by atoms with E-state index in [-0.39, 0.29) is 147 Å². The molecule has 2 heterocycles. The van der Waals surface area contributed by atoms with Gasteiger partial charge in [0.15, 0.2) is 0 Å². The molecule has 8 aromatic rings. The van der Waals surface area contributed by atoms with Crippen molar-refractivity contribution in [2.45, 2.75) is 115 Å². The standard InChI is InChI=1S/C33H35FN2O6.C33H35FN2O5.Ca.2Na.2H/c1-21(2)31-30(33(40)35-25-11-7-4-8-12-25)29(22-9-5-3-6-10-22)32(23-13-15-24(34)16-14-23)36(31)18-17-27(42-41)19-26(37)20-28(38)39;1-21(2)31-30(33(41)35-25-11-7-4-8-12-25)29(22-9-5-3-6-10-22)32(23-13-15-24(34)16-14-23)36(31)18-17-26(37)19-27(38)20-28(39)40;;;;;/h3-16,21,26-27,37,41H,17-20H2,1-2H3,(H,35,40)(H,38,39);3-16,21,26-27,37-38H,17-20H2,1-2H3,(H,35,41)(H,39,40);;;;;/q;;+2;;;;/p-2/t2*26-,27-;;;;;/m11...../s1/i19D,20D2,26D,37D;;;;;;/t19?,26-,27-;;;;;;. The van der Waals surface area contributed by atoms with Gasteiger partial charge in [0.05, 0.1) is 48.3 Å². The summed E-state index contributed by atoms with van der Waals surface area (Å²) in [5.41, 5.74) is 8.25. The van der Waals surface area contributed by atoms with Crippen LogP contribution in [-0.4, -0.2) is 176 Å². The zero-order valence-corrected chi connectivity index (χ0v) is 49.0. The molecule has 438 valence electrons. The molecule has 20 heteroatoms. The second-order valence-electron chi connectivity index (χ2n) is 20.3. The quantitative estimate of drug-likeness (QED) is 0.0170. The molecule has 0 radical (unpaired) electrons. The molecule has 0 bridgehead atoms. The normalized spacial score (nSPS) is 14.0. The average molecular weight is 1220 g/mol. The number of benzene rings is 6. The van der Waals surface area contributed by atoms with Crippen molar-refractivity contribution in [2.75, 3.05) is 10.6 Å². The number of nitrogens with one attached hydrogen (secondary N) is 2. The van der Waals surface area contributed by atoms with Gasteiger partial charge in [-0.25, -0.2) is 13.7 Å². The third-order valence-corrected chi connectivity index (χ3v) is 13.5. The van der Waals surface area contributed by atoms with E-state index in [9.17, 15) is 53.6 Å². The van der Waals surface area contributed by atoms with Gasteiger partial charge in [-0.2, -0.15) is 0 Å². The predicted molar refractivity (Wildman–Crippen MR) is 331 cm³/mol. The molecule has 5 atom stereocenters. The molecule has 2 aromatic heterocycles. The summed E-state index contributed by atoms with van der Waals surface area (Å²) in [7, 11) is 0. The van der Waals surface area contributed by atoms with Crippen LogP contribution < -0.4 is 20.8 Å². The number of carboxylic acids is 2. The van der Waals surface area contributed by atoms with Gasteiger partial charge in [0, 0.05) is 82.2 Å². The number of aliphatic carboxylic acids is 2. The van der Waals surface area contributed by atoms with Gasteiger partial charge in [-0.05, 0) is 126 Å². The first kappa shape index (κ1) is 65.1. The first-order valence-electron chi connectivity index (χ1n) is 29.4. The first-order valence-corrected chi connectivity index (χ1v) is 27.0. The number of aliphatic hydroxyl groups is 3. The zero-order chi connectivity index (χ0) is 64.0. The number of nitrogens with zero attached hydrogens (tertiary/aromatic N) is 2. The Morgan fingerprint density at radius 3 is 1.31 bits per heavy atom. The van der Waals surface area contributed by atoms with Gasteiger partial charge in [0.25, 0.3) is 11.8 Å². The maximum absolute atomic E-state index is 14.2. The minimum absolute atomic E-state index is 0. The molecule has 6 N–H and O–H groups in total. The summed E-state index contributed by atoms with van der Waals surface area (Å²) in [6.45, 7) is 7.82. The Balaban J connectivity index is 0.000000379. The second kappa shape index (κ2) is 35.6. The summed E-state index contributed by atoms with van der Waals surface area (Å²) in [6.07, 6.45) is -14.1. The fourth-order valence-electron chi connectivity index (χ4n) is 10.1. The van der Waals surface area contributed by atoms with Crippen LogP contribution in [0.3, 0.4) is 0 Å². The molecular weight excluding hydrogens is 1150 g/mol. The molecule has 0 saturated carbocycles. The molecular formula is C66H70CaF2N4Na2O11. The molecule has 0 aliphatic rings. The fraction of sp³-hybridized carbons (Fsp3) is 0.273. The second-order valence-corrected chi connectivity index (χ2v) is 20.3. The third kappa shape index (κ3) is 19.8. The van der Waals surface area contributed by atoms with Crippen LogP contribution in [-0.2, 0) is 27.6 Å². The van der Waals surface area contributed by atoms with Crippen LogP contribution in [0.5, 0.6) is 0 Å². The molecule has 1 unspecified atom stereocenters. The molecule has 8 rings (SSSR count). The van der Waals surface area contributed by atoms with E-state index >= 15 is 0 Å². The predicted octanol–water partition coefficient (Wildman–Crippen LogP) is 8.78. The van der Waals surface area contributed by atoms with E-state index in [1.807, 2.05) is 105 Å². The Kier molecular flexibility index (Phi) is 27.0. The van der Waals surface area contributed by atoms with E-state index in [2.05, 4.69) is 20.6 Å². The zero-order valence-electron chi connectivity index (χ0n) is 51.8. The van der Waals surface area contributed by atoms with Crippen molar-refractivity contribution in [1.29, 1.82) is 1.43 Å². The number of amides is 2. The van der Waals surface area contributed by atoms with Crippen molar-refractivity contribution in [3.63, 3.8) is 0 Å². The van der Waals surface area contributed by atoms with Gasteiger partial charge in [0.2, 0.25) is 1.43 Å². The van der Waals surface area contributed by atoms with Crippen molar-refractivity contribution in [2.24, 2.45) is 0 Å². The Morgan fingerprint density at radius 1 is 0.581 bits per heavy atom. The number of para-hydroxylation sites is 2. The van der Waals surface area contributed by atoms with Gasteiger partial charge in [-0.15, -0.1) is 0 Å². The van der Waals surface area contributed by atoms with E-state index < -0.39 is 73.1 Å². The van der Waals surface area contributed by atoms with Crippen LogP contribution in [0.4, 0.5) is 20.2 Å². The van der Waals surface area contributed by atoms with E-state index in [1.54, 1.807) is 77.4 Å². The molecule has 0 aliphatic heterocycles. The van der Waals surface area contributed by atoms with Crippen LogP contribution in [0, 0.1) is 11.6 Å². The number of carbonyl (C=O) groups is 4. The number of hydrogen-bond donors (Lipinski definition) is 6. The number of aliphatic hydroxyl groups excluding tert-OH is 2. The van der Waals surface area contributed by atoms with Gasteiger partial charge in [-0.1, -0.05) is 125 Å². The van der Waals surface area contributed by atoms with Gasteiger partial charge in [-0.3, -0.25) is 14.8 Å². The van der Waals surface area contributed by atoms with Crippen molar-refractivity contribution in [1.82, 2.24) is 9.13 Å². The van der Waals surface area contributed by atoms with E-state index in [0.717, 1.165) is 11.3 Å². The average Bonchev–Trinajstić information content (AvgIpc) is 1.64. The summed E-state index contributed by atoms with van der Waals surface area (Å²) in [5.74, 6) is -5.84. The van der Waals surface area contributed by atoms with Crippen LogP contribution >= 0.6 is 0 Å². The van der Waals surface area contributed by atoms with Gasteiger partial charge in [0.1, 0.15) is 11.6 Å². The first-order chi connectivity index (χ1) is 41.9. The Hall–Kier alpha value is -5.32. The number of anilines is 2. The number of rotatable bonds is 26. The maximum atomic E-state index is 14.2. The van der Waals surface area contributed by atoms with Crippen molar-refractivity contribution in [3.05, 3.63) is 204 Å². The van der Waals surface area contributed by atoms with E-state index in [4.69, 9.17) is 6.91 Å². The topological polar surface area (TPSA) is 238 Å². The number of carboxylic acid groups (broad SMARTS) is 2. The number of carbonyl (C=O) groups excluding carboxylic acids is 4. The Morgan fingerprint density at radius 2 is 0.965 bits per heavy atom. The van der Waals surface area contributed by atoms with Crippen LogP contribution in [0.15, 0.2) is 170 Å². The Labute approximate surface area is 581 Å². The fourth-order valence-corrected chi connectivity index (χ4v) is 10.1. The monoisotopic (exact) mass is 1220 g/mol. The minimum atomic E-state index is -3.64. The third-order valence-electron chi connectivity index (χ3n) is 13.5. The molecule has 0 aliphatic carbocycles. The molecule has 15 nitrogen and oxygen atoms in total. The van der Waals surface area contributed by atoms with E-state index in [0.29, 0.717) is 67.4 Å². The van der Waals surface area contributed by atoms with Gasteiger partial charge >= 0.3 is 96.9 Å². The SMILES string of the molecule is CC(C)c1c(C(=O)Nc2ccccc2)c(-c2ccccc2)c(-c2ccc(F)cc2)n1CC[C@@H](O)C[C@@H](O)CC(=O)[O-].[2H]O[C@]([2H])(C([2H])[C@@H](CCn1c(-c2ccc(F)cc2)c(-c2ccccc2)c(C(=O)Nc2ccccc2)c1C(C)C)OO)C([2H])([2H])C(=O)[O-].[Ca+2].[NaH].[NaH]. The van der Waals surface area contributed by atoms with Gasteiger partial charge < -0.3 is 54.9 Å². The molecule has 86 heavy (non-hydrogen) atoms. The van der Waals surface area contributed by atoms with Crippen molar-refractivity contribution < 1.29 is 69.1 Å². The van der Waals surface area contributed by atoms with Crippen molar-refractivity contribution >= 4 is 132 Å². The summed E-state index contributed by atoms with van der Waals surface area (Å²) in [4.78, 5) is 55.1. The van der Waals surface area contributed by atoms with E-state index in [1.165, 1.54) is 24.3 Å². The summed E-state index contributed by atoms with van der Waals surface area (Å²) < 4.78 is 71.5. The summed E-state index contributed by atoms with van der Waals surface area (Å²) in [6, 6.07) is 48.2. The van der Waals surface area contributed by atoms with Crippen LogP contribution in [0.2, 0.25) is 0 Å². The van der Waals surface area contributed by atoms with Crippen LogP contribution in [0.25, 0.3) is 44.8 Å². The summed E-state index contributed by atoms with van der Waals surface area (Å²) in [5, 5.41) is 63.0. The molecule has 0 spiro atoms. The summed E-state index contributed by atoms with van der Waals surface area (Å²) >= 11 is 0. The Bertz CT molecular complexity index is 3660. The molecule has 6 aromatic carbocycles. The number of hydrogen-bond acceptors (Lipinski definition) is 11. The number of halogens is 2. The van der Waals surface area contributed by atoms with Crippen LogP contribution in [0.1, 0.15) is 116 Å². The number of aromatic nitrogens is 2. The molecule has 0 fully saturated rings. The molecule has 0 saturated heterocycles. The molecule has 2 amide bonds.